The Morgan fingerprint density at radius 3 is 2.69 bits per heavy atom. The molecule has 2 N–H and O–H groups in total. The number of nitrogens with zero attached hydrogens (tertiary/aromatic N) is 3. The van der Waals surface area contributed by atoms with E-state index < -0.39 is 11.7 Å². The van der Waals surface area contributed by atoms with Crippen molar-refractivity contribution in [3.05, 3.63) is 64.5 Å². The molecular formula is C22H19F3N4O2S. The second-order valence-corrected chi connectivity index (χ2v) is 8.89. The van der Waals surface area contributed by atoms with Crippen LogP contribution in [-0.4, -0.2) is 38.8 Å². The summed E-state index contributed by atoms with van der Waals surface area (Å²) in [5.41, 5.74) is 8.58. The zero-order valence-corrected chi connectivity index (χ0v) is 17.7. The van der Waals surface area contributed by atoms with Crippen molar-refractivity contribution in [1.82, 2.24) is 14.9 Å². The van der Waals surface area contributed by atoms with Gasteiger partial charge in [0.15, 0.2) is 0 Å². The molecule has 6 nitrogen and oxygen atoms in total. The highest BCUT2D eigenvalue weighted by atomic mass is 32.2. The maximum Gasteiger partial charge on any atom is 0.416 e. The van der Waals surface area contributed by atoms with Gasteiger partial charge in [-0.25, -0.2) is 9.97 Å². The number of ether oxygens (including phenoxy) is 1. The second-order valence-electron chi connectivity index (χ2n) is 7.74. The first-order valence-electron chi connectivity index (χ1n) is 10.0. The van der Waals surface area contributed by atoms with Gasteiger partial charge in [0.1, 0.15) is 11.5 Å². The summed E-state index contributed by atoms with van der Waals surface area (Å²) in [4.78, 5) is 23.8. The average molecular weight is 460 g/mol. The molecule has 0 aliphatic carbocycles. The Labute approximate surface area is 186 Å². The third kappa shape index (κ3) is 3.67. The van der Waals surface area contributed by atoms with Crippen molar-refractivity contribution in [1.29, 1.82) is 0 Å². The maximum atomic E-state index is 13.4. The monoisotopic (exact) mass is 460 g/mol. The summed E-state index contributed by atoms with van der Waals surface area (Å²) in [6, 6.07) is 6.40. The number of thioether (sulfide) groups is 1. The third-order valence-electron chi connectivity index (χ3n) is 5.85. The van der Waals surface area contributed by atoms with E-state index in [0.717, 1.165) is 34.4 Å². The Hall–Kier alpha value is -2.85. The molecule has 1 fully saturated rings. The number of benzene rings is 1. The van der Waals surface area contributed by atoms with Gasteiger partial charge in [-0.15, -0.1) is 0 Å². The van der Waals surface area contributed by atoms with E-state index in [2.05, 4.69) is 9.97 Å². The van der Waals surface area contributed by atoms with E-state index in [-0.39, 0.29) is 17.6 Å². The standard InChI is InChI=1S/C22H19F3N4O2S/c23-22(24,25)13-3-1-12(2-4-13)19-11-32-6-5-29(19)21(30)17-7-14-15-9-31-10-16(15)20(26)28-18(14)8-27-17/h1-4,7-8,19H,5-6,9-11H2,(H2,26,28)/t19-/m1/s1. The number of aromatic nitrogens is 2. The zero-order valence-electron chi connectivity index (χ0n) is 16.9. The van der Waals surface area contributed by atoms with Crippen LogP contribution in [0.4, 0.5) is 19.0 Å². The molecule has 2 aliphatic rings. The van der Waals surface area contributed by atoms with Crippen LogP contribution < -0.4 is 5.73 Å². The number of hydrogen-bond donors (Lipinski definition) is 1. The van der Waals surface area contributed by atoms with Crippen LogP contribution in [0.15, 0.2) is 36.5 Å². The number of carbonyl (C=O) groups is 1. The van der Waals surface area contributed by atoms with Crippen LogP contribution in [0.25, 0.3) is 10.9 Å². The topological polar surface area (TPSA) is 81.3 Å². The molecule has 0 radical (unpaired) electrons. The Morgan fingerprint density at radius 2 is 1.94 bits per heavy atom. The summed E-state index contributed by atoms with van der Waals surface area (Å²) in [6.07, 6.45) is -2.87. The maximum absolute atomic E-state index is 13.4. The predicted molar refractivity (Wildman–Crippen MR) is 115 cm³/mol. The van der Waals surface area contributed by atoms with Crippen molar-refractivity contribution in [2.24, 2.45) is 0 Å². The number of nitrogen functional groups attached to an aromatic ring is 1. The number of hydrogen-bond acceptors (Lipinski definition) is 6. The quantitative estimate of drug-likeness (QED) is 0.618. The highest BCUT2D eigenvalue weighted by molar-refractivity contribution is 7.99. The van der Waals surface area contributed by atoms with Crippen molar-refractivity contribution in [3.63, 3.8) is 0 Å². The summed E-state index contributed by atoms with van der Waals surface area (Å²) in [7, 11) is 0. The first kappa shape index (κ1) is 21.0. The molecule has 5 rings (SSSR count). The van der Waals surface area contributed by atoms with Gasteiger partial charge in [-0.05, 0) is 29.3 Å². The summed E-state index contributed by atoms with van der Waals surface area (Å²) >= 11 is 1.67. The number of amides is 1. The van der Waals surface area contributed by atoms with Gasteiger partial charge in [0.05, 0.1) is 36.5 Å². The molecule has 3 aromatic rings. The van der Waals surface area contributed by atoms with Crippen molar-refractivity contribution < 1.29 is 22.7 Å². The Bertz CT molecular complexity index is 1200. The lowest BCUT2D eigenvalue weighted by molar-refractivity contribution is -0.137. The van der Waals surface area contributed by atoms with Crippen LogP contribution in [0, 0.1) is 0 Å². The van der Waals surface area contributed by atoms with E-state index in [1.165, 1.54) is 18.3 Å². The molecule has 0 saturated carbocycles. The minimum Gasteiger partial charge on any atom is -0.383 e. The van der Waals surface area contributed by atoms with Crippen molar-refractivity contribution in [3.8, 4) is 0 Å². The summed E-state index contributed by atoms with van der Waals surface area (Å²) in [5, 5.41) is 0.780. The second kappa shape index (κ2) is 7.93. The van der Waals surface area contributed by atoms with Crippen LogP contribution in [0.3, 0.4) is 0 Å². The van der Waals surface area contributed by atoms with Crippen molar-refractivity contribution in [2.75, 3.05) is 23.8 Å². The fraction of sp³-hybridized carbons (Fsp3) is 0.318. The van der Waals surface area contributed by atoms with Crippen LogP contribution in [0.2, 0.25) is 0 Å². The number of rotatable bonds is 2. The van der Waals surface area contributed by atoms with E-state index in [4.69, 9.17) is 10.5 Å². The van der Waals surface area contributed by atoms with E-state index in [0.29, 0.717) is 42.4 Å². The smallest absolute Gasteiger partial charge is 0.383 e. The number of fused-ring (bicyclic) bond motifs is 3. The minimum atomic E-state index is -4.40. The third-order valence-corrected chi connectivity index (χ3v) is 6.87. The van der Waals surface area contributed by atoms with Crippen LogP contribution in [0.5, 0.6) is 0 Å². The molecule has 2 aromatic heterocycles. The fourth-order valence-electron chi connectivity index (χ4n) is 4.16. The molecule has 2 aliphatic heterocycles. The lowest BCUT2D eigenvalue weighted by Gasteiger charge is -2.35. The molecule has 10 heteroatoms. The predicted octanol–water partition coefficient (Wildman–Crippen LogP) is 4.19. The van der Waals surface area contributed by atoms with E-state index in [1.54, 1.807) is 22.7 Å². The first-order valence-corrected chi connectivity index (χ1v) is 11.2. The van der Waals surface area contributed by atoms with Gasteiger partial charge >= 0.3 is 6.18 Å². The van der Waals surface area contributed by atoms with Gasteiger partial charge in [-0.2, -0.15) is 24.9 Å². The lowest BCUT2D eigenvalue weighted by Crippen LogP contribution is -2.41. The molecule has 1 saturated heterocycles. The summed E-state index contributed by atoms with van der Waals surface area (Å²) < 4.78 is 44.3. The van der Waals surface area contributed by atoms with Gasteiger partial charge in [-0.1, -0.05) is 12.1 Å². The van der Waals surface area contributed by atoms with E-state index in [9.17, 15) is 18.0 Å². The Balaban J connectivity index is 1.48. The summed E-state index contributed by atoms with van der Waals surface area (Å²) in [5.74, 6) is 1.49. The highest BCUT2D eigenvalue weighted by Gasteiger charge is 2.33. The fourth-order valence-corrected chi connectivity index (χ4v) is 5.24. The van der Waals surface area contributed by atoms with Gasteiger partial charge in [0.2, 0.25) is 0 Å². The molecule has 32 heavy (non-hydrogen) atoms. The molecular weight excluding hydrogens is 441 g/mol. The van der Waals surface area contributed by atoms with Crippen LogP contribution >= 0.6 is 11.8 Å². The molecule has 0 bridgehead atoms. The first-order chi connectivity index (χ1) is 15.3. The van der Waals surface area contributed by atoms with Gasteiger partial charge < -0.3 is 15.4 Å². The molecule has 1 aromatic carbocycles. The van der Waals surface area contributed by atoms with Crippen LogP contribution in [0.1, 0.15) is 38.8 Å². The van der Waals surface area contributed by atoms with Gasteiger partial charge in [0, 0.05) is 29.0 Å². The average Bonchev–Trinajstić information content (AvgIpc) is 3.29. The van der Waals surface area contributed by atoms with Crippen LogP contribution in [-0.2, 0) is 24.1 Å². The number of carbonyl (C=O) groups excluding carboxylic acids is 1. The number of anilines is 1. The molecule has 1 atom stereocenters. The normalized spacial score (nSPS) is 18.7. The molecule has 166 valence electrons. The molecule has 0 unspecified atom stereocenters. The van der Waals surface area contributed by atoms with Crippen molar-refractivity contribution in [2.45, 2.75) is 25.4 Å². The largest absolute Gasteiger partial charge is 0.416 e. The SMILES string of the molecule is Nc1nc2cnc(C(=O)N3CCSC[C@@H]3c3ccc(C(F)(F)F)cc3)cc2c2c1COC2. The van der Waals surface area contributed by atoms with Gasteiger partial charge in [-0.3, -0.25) is 4.79 Å². The Morgan fingerprint density at radius 1 is 1.19 bits per heavy atom. The molecule has 0 spiro atoms. The number of alkyl halides is 3. The molecule has 4 heterocycles. The number of pyridine rings is 2. The van der Waals surface area contributed by atoms with E-state index in [1.807, 2.05) is 0 Å². The zero-order chi connectivity index (χ0) is 22.5. The number of nitrogens with two attached hydrogens (primary N) is 1. The lowest BCUT2D eigenvalue weighted by atomic mass is 10.0. The Kier molecular flexibility index (Phi) is 5.21. The van der Waals surface area contributed by atoms with E-state index >= 15 is 0 Å². The highest BCUT2D eigenvalue weighted by Crippen LogP contribution is 2.35. The molecule has 1 amide bonds. The van der Waals surface area contributed by atoms with Gasteiger partial charge in [0.25, 0.3) is 5.91 Å². The minimum absolute atomic E-state index is 0.262. The number of halogens is 3. The summed E-state index contributed by atoms with van der Waals surface area (Å²) in [6.45, 7) is 1.26. The van der Waals surface area contributed by atoms with Crippen molar-refractivity contribution >= 4 is 34.4 Å².